The Balaban J connectivity index is 1.82. The Morgan fingerprint density at radius 1 is 1.44 bits per heavy atom. The van der Waals surface area contributed by atoms with Gasteiger partial charge < -0.3 is 9.63 Å². The first-order chi connectivity index (χ1) is 7.65. The van der Waals surface area contributed by atoms with E-state index in [-0.39, 0.29) is 0 Å². The van der Waals surface area contributed by atoms with Crippen LogP contribution in [0.4, 0.5) is 0 Å². The highest BCUT2D eigenvalue weighted by molar-refractivity contribution is 4.97. The van der Waals surface area contributed by atoms with Crippen molar-refractivity contribution in [3.8, 4) is 0 Å². The van der Waals surface area contributed by atoms with E-state index >= 15 is 0 Å². The van der Waals surface area contributed by atoms with Gasteiger partial charge in [0.15, 0.2) is 5.82 Å². The van der Waals surface area contributed by atoms with Crippen molar-refractivity contribution in [2.24, 2.45) is 0 Å². The number of nitrogens with zero attached hydrogens (tertiary/aromatic N) is 3. The highest BCUT2D eigenvalue weighted by Crippen LogP contribution is 2.25. The second-order valence-electron chi connectivity index (χ2n) is 4.58. The summed E-state index contributed by atoms with van der Waals surface area (Å²) in [7, 11) is 0. The number of hydrogen-bond donors (Lipinski definition) is 1. The molecule has 1 aliphatic heterocycles. The highest BCUT2D eigenvalue weighted by atomic mass is 16.5. The molecule has 0 aromatic carbocycles. The smallest absolute Gasteiger partial charge is 0.226 e. The number of aromatic nitrogens is 2. The Bertz CT molecular complexity index is 345. The molecule has 2 heterocycles. The molecule has 16 heavy (non-hydrogen) atoms. The van der Waals surface area contributed by atoms with Crippen molar-refractivity contribution in [2.45, 2.75) is 45.3 Å². The van der Waals surface area contributed by atoms with Gasteiger partial charge >= 0.3 is 0 Å². The molecule has 0 bridgehead atoms. The van der Waals surface area contributed by atoms with E-state index in [4.69, 9.17) is 4.52 Å². The first-order valence-electron chi connectivity index (χ1n) is 5.91. The molecule has 0 unspecified atom stereocenters. The molecule has 0 saturated carbocycles. The van der Waals surface area contributed by atoms with E-state index in [0.717, 1.165) is 25.1 Å². The van der Waals surface area contributed by atoms with Crippen LogP contribution in [-0.2, 0) is 13.0 Å². The Morgan fingerprint density at radius 3 is 2.81 bits per heavy atom. The number of aliphatic hydroxyl groups is 1. The molecule has 90 valence electrons. The second-order valence-corrected chi connectivity index (χ2v) is 4.58. The van der Waals surface area contributed by atoms with Gasteiger partial charge in [-0.25, -0.2) is 0 Å². The van der Waals surface area contributed by atoms with Gasteiger partial charge in [-0.2, -0.15) is 4.98 Å². The third kappa shape index (κ3) is 2.41. The normalized spacial score (nSPS) is 19.7. The SMILES string of the molecule is CCCc1nc(CN2CC(O)(CC)C2)no1. The van der Waals surface area contributed by atoms with Crippen LogP contribution in [0.2, 0.25) is 0 Å². The van der Waals surface area contributed by atoms with Gasteiger partial charge in [0.05, 0.1) is 12.1 Å². The molecule has 5 heteroatoms. The van der Waals surface area contributed by atoms with Crippen molar-refractivity contribution in [1.29, 1.82) is 0 Å². The van der Waals surface area contributed by atoms with Crippen LogP contribution in [0.25, 0.3) is 0 Å². The van der Waals surface area contributed by atoms with E-state index in [0.29, 0.717) is 25.5 Å². The fraction of sp³-hybridized carbons (Fsp3) is 0.818. The van der Waals surface area contributed by atoms with Crippen LogP contribution in [-0.4, -0.2) is 38.8 Å². The summed E-state index contributed by atoms with van der Waals surface area (Å²) in [5, 5.41) is 13.8. The zero-order valence-corrected chi connectivity index (χ0v) is 9.94. The fourth-order valence-corrected chi connectivity index (χ4v) is 1.99. The minimum atomic E-state index is -0.490. The maximum Gasteiger partial charge on any atom is 0.226 e. The maximum absolute atomic E-state index is 9.85. The van der Waals surface area contributed by atoms with Crippen LogP contribution in [0, 0.1) is 0 Å². The van der Waals surface area contributed by atoms with Crippen LogP contribution in [0.1, 0.15) is 38.4 Å². The van der Waals surface area contributed by atoms with E-state index < -0.39 is 5.60 Å². The number of rotatable bonds is 5. The molecule has 1 aromatic heterocycles. The Kier molecular flexibility index (Phi) is 3.25. The molecule has 2 rings (SSSR count). The lowest BCUT2D eigenvalue weighted by atomic mass is 9.91. The van der Waals surface area contributed by atoms with Gasteiger partial charge in [0.25, 0.3) is 0 Å². The van der Waals surface area contributed by atoms with Crippen LogP contribution < -0.4 is 0 Å². The van der Waals surface area contributed by atoms with Crippen molar-refractivity contribution in [2.75, 3.05) is 13.1 Å². The average molecular weight is 225 g/mol. The van der Waals surface area contributed by atoms with Gasteiger partial charge in [-0.3, -0.25) is 4.90 Å². The molecule has 1 aliphatic rings. The summed E-state index contributed by atoms with van der Waals surface area (Å²) < 4.78 is 5.10. The molecule has 1 fully saturated rings. The lowest BCUT2D eigenvalue weighted by Gasteiger charge is -2.45. The van der Waals surface area contributed by atoms with Gasteiger partial charge in [0.2, 0.25) is 5.89 Å². The second kappa shape index (κ2) is 4.51. The Labute approximate surface area is 95.4 Å². The first kappa shape index (κ1) is 11.5. The summed E-state index contributed by atoms with van der Waals surface area (Å²) >= 11 is 0. The monoisotopic (exact) mass is 225 g/mol. The van der Waals surface area contributed by atoms with E-state index in [1.165, 1.54) is 0 Å². The van der Waals surface area contributed by atoms with Gasteiger partial charge in [-0.05, 0) is 12.8 Å². The lowest BCUT2D eigenvalue weighted by molar-refractivity contribution is -0.104. The first-order valence-corrected chi connectivity index (χ1v) is 5.91. The molecule has 0 aliphatic carbocycles. The van der Waals surface area contributed by atoms with Gasteiger partial charge in [-0.15, -0.1) is 0 Å². The molecule has 1 saturated heterocycles. The lowest BCUT2D eigenvalue weighted by Crippen LogP contribution is -2.60. The van der Waals surface area contributed by atoms with E-state index in [1.54, 1.807) is 0 Å². The molecule has 0 amide bonds. The highest BCUT2D eigenvalue weighted by Gasteiger charge is 2.39. The molecule has 5 nitrogen and oxygen atoms in total. The van der Waals surface area contributed by atoms with Crippen molar-refractivity contribution >= 4 is 0 Å². The predicted octanol–water partition coefficient (Wildman–Crippen LogP) is 0.979. The van der Waals surface area contributed by atoms with Crippen LogP contribution in [0.3, 0.4) is 0 Å². The topological polar surface area (TPSA) is 62.4 Å². The largest absolute Gasteiger partial charge is 0.387 e. The van der Waals surface area contributed by atoms with Crippen LogP contribution in [0.5, 0.6) is 0 Å². The van der Waals surface area contributed by atoms with Crippen molar-refractivity contribution in [1.82, 2.24) is 15.0 Å². The standard InChI is InChI=1S/C11H19N3O2/c1-3-5-10-12-9(13-16-10)6-14-7-11(15,4-2)8-14/h15H,3-8H2,1-2H3. The van der Waals surface area contributed by atoms with Crippen LogP contribution in [0.15, 0.2) is 4.52 Å². The Hall–Kier alpha value is -0.940. The van der Waals surface area contributed by atoms with Gasteiger partial charge in [0, 0.05) is 19.5 Å². The van der Waals surface area contributed by atoms with Gasteiger partial charge in [-0.1, -0.05) is 19.0 Å². The molecular weight excluding hydrogens is 206 g/mol. The summed E-state index contributed by atoms with van der Waals surface area (Å²) in [6, 6.07) is 0. The Morgan fingerprint density at radius 2 is 2.19 bits per heavy atom. The maximum atomic E-state index is 9.85. The predicted molar refractivity (Wildman–Crippen MR) is 58.8 cm³/mol. The van der Waals surface area contributed by atoms with Crippen molar-refractivity contribution in [3.63, 3.8) is 0 Å². The molecule has 0 spiro atoms. The molecule has 0 atom stereocenters. The van der Waals surface area contributed by atoms with Crippen molar-refractivity contribution < 1.29 is 9.63 Å². The minimum absolute atomic E-state index is 0.490. The third-order valence-electron chi connectivity index (χ3n) is 3.03. The zero-order valence-electron chi connectivity index (χ0n) is 9.94. The molecule has 0 radical (unpaired) electrons. The summed E-state index contributed by atoms with van der Waals surface area (Å²) in [6.07, 6.45) is 2.66. The molecule has 1 N–H and O–H groups in total. The molecular formula is C11H19N3O2. The van der Waals surface area contributed by atoms with Crippen molar-refractivity contribution in [3.05, 3.63) is 11.7 Å². The van der Waals surface area contributed by atoms with E-state index in [2.05, 4.69) is 22.0 Å². The number of likely N-dealkylation sites (tertiary alicyclic amines) is 1. The summed E-state index contributed by atoms with van der Waals surface area (Å²) in [4.78, 5) is 6.42. The number of β-amino-alcohol motifs (C(OH)–C–C–N with tert-alkyl or cyclic N) is 1. The fourth-order valence-electron chi connectivity index (χ4n) is 1.99. The minimum Gasteiger partial charge on any atom is -0.387 e. The quantitative estimate of drug-likeness (QED) is 0.809. The third-order valence-corrected chi connectivity index (χ3v) is 3.03. The zero-order chi connectivity index (χ0) is 11.6. The van der Waals surface area contributed by atoms with Crippen LogP contribution >= 0.6 is 0 Å². The summed E-state index contributed by atoms with van der Waals surface area (Å²) in [6.45, 7) is 6.18. The summed E-state index contributed by atoms with van der Waals surface area (Å²) in [5.74, 6) is 1.44. The van der Waals surface area contributed by atoms with E-state index in [1.807, 2.05) is 6.92 Å². The average Bonchev–Trinajstić information content (AvgIpc) is 2.64. The van der Waals surface area contributed by atoms with E-state index in [9.17, 15) is 5.11 Å². The number of hydrogen-bond acceptors (Lipinski definition) is 5. The number of aryl methyl sites for hydroxylation is 1. The summed E-state index contributed by atoms with van der Waals surface area (Å²) in [5.41, 5.74) is -0.490. The van der Waals surface area contributed by atoms with Gasteiger partial charge in [0.1, 0.15) is 0 Å². The molecule has 1 aromatic rings.